The van der Waals surface area contributed by atoms with Crippen molar-refractivity contribution < 1.29 is 14.4 Å². The average Bonchev–Trinajstić information content (AvgIpc) is 2.66. The summed E-state index contributed by atoms with van der Waals surface area (Å²) in [5.74, 6) is -0.0556. The fourth-order valence-electron chi connectivity index (χ4n) is 2.81. The number of carbonyl (C=O) groups is 1. The Balaban J connectivity index is 1.95. The predicted molar refractivity (Wildman–Crippen MR) is 103 cm³/mol. The molecule has 0 saturated heterocycles. The number of nitrogens with zero attached hydrogens (tertiary/aromatic N) is 1. The number of hydrogen-bond donors (Lipinski definition) is 0. The van der Waals surface area contributed by atoms with Gasteiger partial charge in [0.2, 0.25) is 5.88 Å². The summed E-state index contributed by atoms with van der Waals surface area (Å²) in [6, 6.07) is 20.4. The first kappa shape index (κ1) is 18.5. The Labute approximate surface area is 157 Å². The minimum absolute atomic E-state index is 0.132. The number of benzene rings is 2. The first-order valence-corrected chi connectivity index (χ1v) is 8.68. The number of ether oxygens (including phenoxy) is 1. The van der Waals surface area contributed by atoms with Gasteiger partial charge in [-0.05, 0) is 30.5 Å². The molecule has 27 heavy (non-hydrogen) atoms. The summed E-state index contributed by atoms with van der Waals surface area (Å²) in [7, 11) is 0. The lowest BCUT2D eigenvalue weighted by atomic mass is 10.1. The van der Waals surface area contributed by atoms with Gasteiger partial charge in [-0.2, -0.15) is 0 Å². The van der Waals surface area contributed by atoms with Gasteiger partial charge < -0.3 is 9.57 Å². The lowest BCUT2D eigenvalue weighted by Gasteiger charge is -2.18. The number of aromatic nitrogens is 1. The molecule has 0 atom stereocenters. The summed E-state index contributed by atoms with van der Waals surface area (Å²) >= 11 is 0. The van der Waals surface area contributed by atoms with Crippen molar-refractivity contribution in [2.75, 3.05) is 0 Å². The maximum atomic E-state index is 12.5. The second-order valence-corrected chi connectivity index (χ2v) is 6.23. The van der Waals surface area contributed by atoms with Crippen LogP contribution in [0.25, 0.3) is 0 Å². The van der Waals surface area contributed by atoms with E-state index in [4.69, 9.17) is 9.57 Å². The molecule has 0 N–H and O–H groups in total. The van der Waals surface area contributed by atoms with Crippen LogP contribution in [0, 0.1) is 6.92 Å². The molecule has 5 nitrogen and oxygen atoms in total. The molecule has 2 aromatic carbocycles. The van der Waals surface area contributed by atoms with E-state index in [0.717, 1.165) is 15.9 Å². The molecule has 3 rings (SSSR count). The molecule has 0 radical (unpaired) electrons. The van der Waals surface area contributed by atoms with Gasteiger partial charge in [0.05, 0.1) is 5.56 Å². The lowest BCUT2D eigenvalue weighted by molar-refractivity contribution is 0.0612. The summed E-state index contributed by atoms with van der Waals surface area (Å²) < 4.78 is 6.95. The Hall–Kier alpha value is -3.34. The highest BCUT2D eigenvalue weighted by molar-refractivity contribution is 5.97. The van der Waals surface area contributed by atoms with Gasteiger partial charge in [0.1, 0.15) is 13.2 Å². The highest BCUT2D eigenvalue weighted by Gasteiger charge is 2.20. The molecule has 0 aliphatic carbocycles. The third-order valence-electron chi connectivity index (χ3n) is 4.11. The van der Waals surface area contributed by atoms with E-state index in [0.29, 0.717) is 11.1 Å². The maximum Gasteiger partial charge on any atom is 0.286 e. The smallest absolute Gasteiger partial charge is 0.286 e. The van der Waals surface area contributed by atoms with Crippen molar-refractivity contribution in [3.05, 3.63) is 99.3 Å². The van der Waals surface area contributed by atoms with Crippen LogP contribution >= 0.6 is 0 Å². The van der Waals surface area contributed by atoms with E-state index in [1.165, 1.54) is 13.0 Å². The van der Waals surface area contributed by atoms with Crippen LogP contribution in [0.5, 0.6) is 5.88 Å². The molecule has 1 heterocycles. The molecule has 0 unspecified atom stereocenters. The molecule has 0 aliphatic heterocycles. The normalized spacial score (nSPS) is 10.4. The Morgan fingerprint density at radius 1 is 0.926 bits per heavy atom. The molecule has 0 spiro atoms. The quantitative estimate of drug-likeness (QED) is 0.602. The highest BCUT2D eigenvalue weighted by atomic mass is 16.7. The van der Waals surface area contributed by atoms with E-state index in [2.05, 4.69) is 0 Å². The third-order valence-corrected chi connectivity index (χ3v) is 4.11. The standard InChI is InChI=1S/C22H21NO4/c1-16-13-20(25)23(27-15-19-11-7-4-8-12-19)22(21(16)17(2)24)26-14-18-9-5-3-6-10-18/h3-13H,14-15H2,1-2H3. The van der Waals surface area contributed by atoms with Gasteiger partial charge in [0.15, 0.2) is 5.78 Å². The Bertz CT molecular complexity index is 978. The molecule has 0 aliphatic rings. The van der Waals surface area contributed by atoms with E-state index in [1.54, 1.807) is 6.92 Å². The van der Waals surface area contributed by atoms with Crippen LogP contribution in [0.4, 0.5) is 0 Å². The van der Waals surface area contributed by atoms with Crippen molar-refractivity contribution in [1.29, 1.82) is 0 Å². The third kappa shape index (κ3) is 4.44. The Morgan fingerprint density at radius 3 is 2.04 bits per heavy atom. The lowest BCUT2D eigenvalue weighted by Crippen LogP contribution is -2.30. The fraction of sp³-hybridized carbons (Fsp3) is 0.182. The molecule has 0 saturated carbocycles. The van der Waals surface area contributed by atoms with E-state index < -0.39 is 0 Å². The summed E-state index contributed by atoms with van der Waals surface area (Å²) in [5, 5.41) is 0. The Kier molecular flexibility index (Phi) is 5.71. The first-order valence-electron chi connectivity index (χ1n) is 8.68. The minimum Gasteiger partial charge on any atom is -0.471 e. The Morgan fingerprint density at radius 2 is 1.48 bits per heavy atom. The van der Waals surface area contributed by atoms with Crippen molar-refractivity contribution in [3.8, 4) is 5.88 Å². The predicted octanol–water partition coefficient (Wildman–Crippen LogP) is 3.57. The maximum absolute atomic E-state index is 12.5. The second kappa shape index (κ2) is 8.36. The number of ketones is 1. The van der Waals surface area contributed by atoms with Crippen molar-refractivity contribution in [2.45, 2.75) is 27.1 Å². The van der Waals surface area contributed by atoms with Gasteiger partial charge in [-0.1, -0.05) is 60.7 Å². The molecular formula is C22H21NO4. The van der Waals surface area contributed by atoms with Crippen molar-refractivity contribution in [1.82, 2.24) is 4.73 Å². The monoisotopic (exact) mass is 363 g/mol. The van der Waals surface area contributed by atoms with Crippen LogP contribution < -0.4 is 15.1 Å². The minimum atomic E-state index is -0.378. The van der Waals surface area contributed by atoms with E-state index in [9.17, 15) is 9.59 Å². The van der Waals surface area contributed by atoms with Gasteiger partial charge in [-0.3, -0.25) is 9.59 Å². The second-order valence-electron chi connectivity index (χ2n) is 6.23. The van der Waals surface area contributed by atoms with Crippen LogP contribution in [0.3, 0.4) is 0 Å². The molecule has 1 aromatic heterocycles. The van der Waals surface area contributed by atoms with Gasteiger partial charge in [0, 0.05) is 6.07 Å². The number of Topliss-reactive ketones (excluding diaryl/α,β-unsaturated/α-hetero) is 1. The van der Waals surface area contributed by atoms with Gasteiger partial charge in [-0.15, -0.1) is 4.73 Å². The van der Waals surface area contributed by atoms with Crippen LogP contribution in [-0.4, -0.2) is 10.5 Å². The number of carbonyl (C=O) groups excluding carboxylic acids is 1. The van der Waals surface area contributed by atoms with Crippen LogP contribution in [0.2, 0.25) is 0 Å². The first-order chi connectivity index (χ1) is 13.1. The van der Waals surface area contributed by atoms with E-state index in [-0.39, 0.29) is 30.4 Å². The van der Waals surface area contributed by atoms with Crippen molar-refractivity contribution in [3.63, 3.8) is 0 Å². The summed E-state index contributed by atoms with van der Waals surface area (Å²) in [6.45, 7) is 3.57. The zero-order chi connectivity index (χ0) is 19.2. The molecule has 0 bridgehead atoms. The zero-order valence-electron chi connectivity index (χ0n) is 15.3. The number of pyridine rings is 1. The molecule has 138 valence electrons. The molecule has 0 amide bonds. The summed E-state index contributed by atoms with van der Waals surface area (Å²) in [5.41, 5.74) is 2.36. The fourth-order valence-corrected chi connectivity index (χ4v) is 2.81. The SMILES string of the molecule is CC(=O)c1c(C)cc(=O)n(OCc2ccccc2)c1OCc1ccccc1. The van der Waals surface area contributed by atoms with E-state index >= 15 is 0 Å². The van der Waals surface area contributed by atoms with Gasteiger partial charge in [0.25, 0.3) is 5.56 Å². The van der Waals surface area contributed by atoms with Crippen LogP contribution in [0.1, 0.15) is 34.0 Å². The largest absolute Gasteiger partial charge is 0.471 e. The van der Waals surface area contributed by atoms with Gasteiger partial charge in [-0.25, -0.2) is 0 Å². The van der Waals surface area contributed by atoms with Crippen LogP contribution in [-0.2, 0) is 13.2 Å². The average molecular weight is 363 g/mol. The van der Waals surface area contributed by atoms with Crippen LogP contribution in [0.15, 0.2) is 71.5 Å². The number of aryl methyl sites for hydroxylation is 1. The zero-order valence-corrected chi connectivity index (χ0v) is 15.3. The summed E-state index contributed by atoms with van der Waals surface area (Å²) in [6.07, 6.45) is 0. The van der Waals surface area contributed by atoms with Crippen molar-refractivity contribution >= 4 is 5.78 Å². The number of hydrogen-bond acceptors (Lipinski definition) is 4. The summed E-state index contributed by atoms with van der Waals surface area (Å²) in [4.78, 5) is 30.4. The number of rotatable bonds is 7. The molecule has 0 fully saturated rings. The highest BCUT2D eigenvalue weighted by Crippen LogP contribution is 2.22. The van der Waals surface area contributed by atoms with Crippen molar-refractivity contribution in [2.24, 2.45) is 0 Å². The topological polar surface area (TPSA) is 57.5 Å². The van der Waals surface area contributed by atoms with E-state index in [1.807, 2.05) is 60.7 Å². The van der Waals surface area contributed by atoms with Gasteiger partial charge >= 0.3 is 0 Å². The molecular weight excluding hydrogens is 342 g/mol. The molecule has 5 heteroatoms. The molecule has 3 aromatic rings.